The van der Waals surface area contributed by atoms with Gasteiger partial charge in [0.2, 0.25) is 0 Å². The second-order valence-corrected chi connectivity index (χ2v) is 8.90. The summed E-state index contributed by atoms with van der Waals surface area (Å²) in [6.45, 7) is 16.8. The summed E-state index contributed by atoms with van der Waals surface area (Å²) in [7, 11) is 0. The number of benzene rings is 1. The predicted octanol–water partition coefficient (Wildman–Crippen LogP) is 6.55. The van der Waals surface area contributed by atoms with Crippen molar-refractivity contribution in [1.82, 2.24) is 19.8 Å². The maximum atomic E-state index is 6.61. The van der Waals surface area contributed by atoms with E-state index in [0.717, 1.165) is 71.7 Å². The van der Waals surface area contributed by atoms with E-state index in [1.807, 2.05) is 25.1 Å². The van der Waals surface area contributed by atoms with E-state index in [1.54, 1.807) is 6.20 Å². The second-order valence-electron chi connectivity index (χ2n) is 8.50. The van der Waals surface area contributed by atoms with Gasteiger partial charge in [-0.15, -0.1) is 0 Å². The minimum Gasteiger partial charge on any atom is -0.372 e. The molecule has 2 aromatic heterocycles. The molecule has 0 N–H and O–H groups in total. The lowest BCUT2D eigenvalue weighted by molar-refractivity contribution is 0.209. The fourth-order valence-electron chi connectivity index (χ4n) is 4.23. The number of piperazine rings is 1. The zero-order valence-corrected chi connectivity index (χ0v) is 19.8. The van der Waals surface area contributed by atoms with E-state index < -0.39 is 0 Å². The molecule has 0 unspecified atom stereocenters. The molecule has 0 bridgehead atoms. The van der Waals surface area contributed by atoms with Crippen LogP contribution in [0.5, 0.6) is 0 Å². The summed E-state index contributed by atoms with van der Waals surface area (Å²) in [5.41, 5.74) is 7.10. The highest BCUT2D eigenvalue weighted by molar-refractivity contribution is 6.35. The lowest BCUT2D eigenvalue weighted by atomic mass is 10.1. The normalized spacial score (nSPS) is 14.1. The number of fused-ring (bicyclic) bond motifs is 1. The zero-order chi connectivity index (χ0) is 22.7. The summed E-state index contributed by atoms with van der Waals surface area (Å²) in [6.07, 6.45) is 5.31. The standard InChI is InChI=1S/C27H31ClN4/c1-5-6-7-20(3)31-12-14-32(15-13-31)21(4)22-8-9-24-25(28)18-26(30-27(24)17-22)23-10-11-29-19(2)16-23/h8-11,16-18H,3-7,12-15H2,1-2H3. The number of allylic oxidation sites excluding steroid dienone is 1. The maximum absolute atomic E-state index is 6.61. The molecule has 0 aliphatic carbocycles. The van der Waals surface area contributed by atoms with Gasteiger partial charge in [0.15, 0.2) is 0 Å². The van der Waals surface area contributed by atoms with Crippen LogP contribution in [0, 0.1) is 6.92 Å². The lowest BCUT2D eigenvalue weighted by Gasteiger charge is -2.39. The van der Waals surface area contributed by atoms with Crippen molar-refractivity contribution in [3.63, 3.8) is 0 Å². The summed E-state index contributed by atoms with van der Waals surface area (Å²) in [5.74, 6) is 0. The van der Waals surface area contributed by atoms with E-state index >= 15 is 0 Å². The summed E-state index contributed by atoms with van der Waals surface area (Å²) in [4.78, 5) is 14.0. The average Bonchev–Trinajstić information content (AvgIpc) is 2.81. The van der Waals surface area contributed by atoms with Crippen molar-refractivity contribution in [2.45, 2.75) is 33.1 Å². The zero-order valence-electron chi connectivity index (χ0n) is 19.1. The smallest absolute Gasteiger partial charge is 0.0731 e. The first kappa shape index (κ1) is 22.3. The number of halogens is 1. The Hall–Kier alpha value is -2.85. The van der Waals surface area contributed by atoms with Crippen LogP contribution in [0.3, 0.4) is 0 Å². The number of unbranched alkanes of at least 4 members (excludes halogenated alkanes) is 1. The fourth-order valence-corrected chi connectivity index (χ4v) is 4.50. The van der Waals surface area contributed by atoms with Gasteiger partial charge in [0, 0.05) is 60.4 Å². The molecule has 0 spiro atoms. The third kappa shape index (κ3) is 4.81. The van der Waals surface area contributed by atoms with Crippen LogP contribution in [0.2, 0.25) is 5.02 Å². The van der Waals surface area contributed by atoms with Crippen LogP contribution in [0.4, 0.5) is 0 Å². The third-order valence-corrected chi connectivity index (χ3v) is 6.53. The van der Waals surface area contributed by atoms with E-state index in [-0.39, 0.29) is 0 Å². The number of aryl methyl sites for hydroxylation is 1. The summed E-state index contributed by atoms with van der Waals surface area (Å²) < 4.78 is 0. The van der Waals surface area contributed by atoms with Crippen molar-refractivity contribution >= 4 is 28.2 Å². The highest BCUT2D eigenvalue weighted by atomic mass is 35.5. The molecule has 1 aromatic carbocycles. The van der Waals surface area contributed by atoms with Gasteiger partial charge in [-0.05, 0) is 49.6 Å². The van der Waals surface area contributed by atoms with Crippen molar-refractivity contribution < 1.29 is 0 Å². The minimum absolute atomic E-state index is 0.704. The van der Waals surface area contributed by atoms with Gasteiger partial charge in [-0.3, -0.25) is 4.98 Å². The Labute approximate surface area is 196 Å². The Morgan fingerprint density at radius 1 is 1.03 bits per heavy atom. The number of hydrogen-bond donors (Lipinski definition) is 0. The molecule has 5 heteroatoms. The Balaban J connectivity index is 1.53. The first-order valence-electron chi connectivity index (χ1n) is 11.4. The van der Waals surface area contributed by atoms with Crippen molar-refractivity contribution in [3.05, 3.63) is 77.7 Å². The number of pyridine rings is 2. The molecule has 0 atom stereocenters. The number of aromatic nitrogens is 2. The van der Waals surface area contributed by atoms with E-state index in [0.29, 0.717) is 5.02 Å². The molecule has 4 nitrogen and oxygen atoms in total. The quantitative estimate of drug-likeness (QED) is 0.411. The number of rotatable bonds is 7. The third-order valence-electron chi connectivity index (χ3n) is 6.21. The van der Waals surface area contributed by atoms with Gasteiger partial charge in [-0.2, -0.15) is 0 Å². The van der Waals surface area contributed by atoms with Gasteiger partial charge in [0.05, 0.1) is 16.2 Å². The molecule has 0 saturated carbocycles. The van der Waals surface area contributed by atoms with Gasteiger partial charge in [-0.25, -0.2) is 4.98 Å². The summed E-state index contributed by atoms with van der Waals surface area (Å²) >= 11 is 6.61. The monoisotopic (exact) mass is 446 g/mol. The van der Waals surface area contributed by atoms with Crippen LogP contribution in [-0.2, 0) is 0 Å². The Kier molecular flexibility index (Phi) is 6.80. The van der Waals surface area contributed by atoms with E-state index in [1.165, 1.54) is 18.5 Å². The average molecular weight is 447 g/mol. The molecular formula is C27H31ClN4. The van der Waals surface area contributed by atoms with Gasteiger partial charge >= 0.3 is 0 Å². The van der Waals surface area contributed by atoms with Crippen LogP contribution in [0.1, 0.15) is 37.4 Å². The van der Waals surface area contributed by atoms with E-state index in [9.17, 15) is 0 Å². The molecule has 1 saturated heterocycles. The Bertz CT molecular complexity index is 1150. The van der Waals surface area contributed by atoms with Crippen molar-refractivity contribution in [1.29, 1.82) is 0 Å². The second kappa shape index (κ2) is 9.74. The van der Waals surface area contributed by atoms with Crippen molar-refractivity contribution in [3.8, 4) is 11.3 Å². The molecule has 166 valence electrons. The van der Waals surface area contributed by atoms with E-state index in [2.05, 4.69) is 53.1 Å². The van der Waals surface area contributed by atoms with Gasteiger partial charge in [-0.1, -0.05) is 50.2 Å². The Morgan fingerprint density at radius 3 is 2.50 bits per heavy atom. The van der Waals surface area contributed by atoms with Gasteiger partial charge < -0.3 is 9.80 Å². The molecule has 32 heavy (non-hydrogen) atoms. The SMILES string of the molecule is C=C(CCCC)N1CCN(C(=C)c2ccc3c(Cl)cc(-c4ccnc(C)c4)nc3c2)CC1. The molecule has 3 heterocycles. The van der Waals surface area contributed by atoms with Crippen LogP contribution in [0.25, 0.3) is 27.9 Å². The molecule has 3 aromatic rings. The first-order valence-corrected chi connectivity index (χ1v) is 11.7. The Morgan fingerprint density at radius 2 is 1.78 bits per heavy atom. The van der Waals surface area contributed by atoms with Crippen molar-refractivity contribution in [2.24, 2.45) is 0 Å². The number of hydrogen-bond acceptors (Lipinski definition) is 4. The molecule has 0 amide bonds. The van der Waals surface area contributed by atoms with Gasteiger partial charge in [0.25, 0.3) is 0 Å². The van der Waals surface area contributed by atoms with E-state index in [4.69, 9.17) is 16.6 Å². The van der Waals surface area contributed by atoms with Crippen LogP contribution in [0.15, 0.2) is 61.4 Å². The predicted molar refractivity (Wildman–Crippen MR) is 136 cm³/mol. The number of nitrogens with zero attached hydrogens (tertiary/aromatic N) is 4. The van der Waals surface area contributed by atoms with Crippen LogP contribution < -0.4 is 0 Å². The molecule has 0 radical (unpaired) electrons. The lowest BCUT2D eigenvalue weighted by Crippen LogP contribution is -2.44. The van der Waals surface area contributed by atoms with Gasteiger partial charge in [0.1, 0.15) is 0 Å². The summed E-state index contributed by atoms with van der Waals surface area (Å²) in [5, 5.41) is 1.66. The summed E-state index contributed by atoms with van der Waals surface area (Å²) in [6, 6.07) is 12.2. The molecular weight excluding hydrogens is 416 g/mol. The fraction of sp³-hybridized carbons (Fsp3) is 0.333. The molecule has 1 aliphatic rings. The largest absolute Gasteiger partial charge is 0.372 e. The minimum atomic E-state index is 0.704. The maximum Gasteiger partial charge on any atom is 0.0731 e. The van der Waals surface area contributed by atoms with Crippen LogP contribution in [-0.4, -0.2) is 45.9 Å². The molecule has 4 rings (SSSR count). The highest BCUT2D eigenvalue weighted by Crippen LogP contribution is 2.31. The molecule has 1 fully saturated rings. The van der Waals surface area contributed by atoms with Crippen molar-refractivity contribution in [2.75, 3.05) is 26.2 Å². The topological polar surface area (TPSA) is 32.3 Å². The first-order chi connectivity index (χ1) is 15.5. The van der Waals surface area contributed by atoms with Crippen LogP contribution >= 0.6 is 11.6 Å². The highest BCUT2D eigenvalue weighted by Gasteiger charge is 2.20. The molecule has 1 aliphatic heterocycles.